The minimum Gasteiger partial charge on any atom is -0.393 e. The Morgan fingerprint density at radius 3 is 2.71 bits per heavy atom. The molecular weight excluding hydrogens is 288 g/mol. The van der Waals surface area contributed by atoms with E-state index in [2.05, 4.69) is 15.9 Å². The van der Waals surface area contributed by atoms with E-state index in [1.54, 1.807) is 13.0 Å². The van der Waals surface area contributed by atoms with Gasteiger partial charge >= 0.3 is 0 Å². The van der Waals surface area contributed by atoms with Gasteiger partial charge in [0.25, 0.3) is 5.69 Å². The lowest BCUT2D eigenvalue weighted by Crippen LogP contribution is -2.22. The zero-order valence-electron chi connectivity index (χ0n) is 9.76. The van der Waals surface area contributed by atoms with Gasteiger partial charge in [0.1, 0.15) is 0 Å². The number of anilines is 1. The Morgan fingerprint density at radius 1 is 1.59 bits per heavy atom. The summed E-state index contributed by atoms with van der Waals surface area (Å²) in [5.41, 5.74) is 0.931. The van der Waals surface area contributed by atoms with Gasteiger partial charge in [-0.1, -0.05) is 0 Å². The maximum Gasteiger partial charge on any atom is 0.270 e. The molecule has 0 heterocycles. The first-order valence-electron chi connectivity index (χ1n) is 5.25. The zero-order valence-corrected chi connectivity index (χ0v) is 11.3. The van der Waals surface area contributed by atoms with Crippen LogP contribution in [0.15, 0.2) is 22.7 Å². The van der Waals surface area contributed by atoms with Crippen LogP contribution in [0.25, 0.3) is 0 Å². The number of hydrogen-bond acceptors (Lipinski definition) is 4. The van der Waals surface area contributed by atoms with Crippen LogP contribution in [0.3, 0.4) is 0 Å². The second-order valence-electron chi connectivity index (χ2n) is 3.95. The highest BCUT2D eigenvalue weighted by molar-refractivity contribution is 9.10. The molecule has 0 aliphatic rings. The van der Waals surface area contributed by atoms with Crippen molar-refractivity contribution in [2.24, 2.45) is 0 Å². The molecule has 1 unspecified atom stereocenters. The second-order valence-corrected chi connectivity index (χ2v) is 4.81. The van der Waals surface area contributed by atoms with Crippen molar-refractivity contribution in [2.75, 3.05) is 18.5 Å². The summed E-state index contributed by atoms with van der Waals surface area (Å²) in [6, 6.07) is 4.65. The summed E-state index contributed by atoms with van der Waals surface area (Å²) in [5.74, 6) is 0. The van der Waals surface area contributed by atoms with Crippen molar-refractivity contribution < 1.29 is 10.0 Å². The zero-order chi connectivity index (χ0) is 13.0. The van der Waals surface area contributed by atoms with Crippen molar-refractivity contribution in [3.05, 3.63) is 32.8 Å². The summed E-state index contributed by atoms with van der Waals surface area (Å²) in [6.45, 7) is 2.42. The number of hydrogen-bond donors (Lipinski definition) is 1. The van der Waals surface area contributed by atoms with Gasteiger partial charge in [-0.05, 0) is 35.3 Å². The lowest BCUT2D eigenvalue weighted by molar-refractivity contribution is -0.384. The first-order chi connectivity index (χ1) is 7.91. The fraction of sp³-hybridized carbons (Fsp3) is 0.455. The van der Waals surface area contributed by atoms with Gasteiger partial charge in [-0.25, -0.2) is 0 Å². The number of nitrogens with zero attached hydrogens (tertiary/aromatic N) is 2. The summed E-state index contributed by atoms with van der Waals surface area (Å²) in [5, 5.41) is 19.8. The van der Waals surface area contributed by atoms with E-state index in [1.165, 1.54) is 12.1 Å². The third kappa shape index (κ3) is 3.98. The van der Waals surface area contributed by atoms with Gasteiger partial charge in [0.15, 0.2) is 0 Å². The van der Waals surface area contributed by atoms with Crippen LogP contribution in [0.2, 0.25) is 0 Å². The summed E-state index contributed by atoms with van der Waals surface area (Å²) in [7, 11) is 1.88. The van der Waals surface area contributed by atoms with Crippen molar-refractivity contribution in [1.29, 1.82) is 0 Å². The SMILES string of the molecule is CC(O)CCN(C)c1ccc([N+](=O)[O-])cc1Br. The van der Waals surface area contributed by atoms with E-state index in [-0.39, 0.29) is 11.8 Å². The normalized spacial score (nSPS) is 12.2. The Hall–Kier alpha value is -1.14. The molecule has 0 aromatic heterocycles. The van der Waals surface area contributed by atoms with Crippen LogP contribution in [0.1, 0.15) is 13.3 Å². The summed E-state index contributed by atoms with van der Waals surface area (Å²) in [6.07, 6.45) is 0.300. The summed E-state index contributed by atoms with van der Waals surface area (Å²) >= 11 is 3.31. The predicted octanol–water partition coefficient (Wildman–Crippen LogP) is 2.56. The molecule has 0 aliphatic carbocycles. The highest BCUT2D eigenvalue weighted by atomic mass is 79.9. The van der Waals surface area contributed by atoms with Crippen molar-refractivity contribution >= 4 is 27.3 Å². The lowest BCUT2D eigenvalue weighted by atomic mass is 10.2. The molecule has 1 aromatic carbocycles. The number of nitro groups is 1. The maximum atomic E-state index is 10.6. The molecule has 0 radical (unpaired) electrons. The molecule has 5 nitrogen and oxygen atoms in total. The molecule has 0 saturated heterocycles. The van der Waals surface area contributed by atoms with Crippen molar-refractivity contribution in [3.63, 3.8) is 0 Å². The van der Waals surface area contributed by atoms with Gasteiger partial charge in [0.2, 0.25) is 0 Å². The van der Waals surface area contributed by atoms with Crippen molar-refractivity contribution in [2.45, 2.75) is 19.4 Å². The molecule has 0 bridgehead atoms. The van der Waals surface area contributed by atoms with E-state index in [4.69, 9.17) is 0 Å². The number of nitro benzene ring substituents is 1. The smallest absolute Gasteiger partial charge is 0.270 e. The largest absolute Gasteiger partial charge is 0.393 e. The standard InChI is InChI=1S/C11H15BrN2O3/c1-8(15)5-6-13(2)11-4-3-9(14(16)17)7-10(11)12/h3-4,7-8,15H,5-6H2,1-2H3. The molecule has 94 valence electrons. The van der Waals surface area contributed by atoms with Crippen LogP contribution in [0, 0.1) is 10.1 Å². The third-order valence-electron chi connectivity index (χ3n) is 2.44. The molecule has 17 heavy (non-hydrogen) atoms. The Labute approximate surface area is 108 Å². The Kier molecular flexibility index (Phi) is 4.89. The Morgan fingerprint density at radius 2 is 2.24 bits per heavy atom. The summed E-state index contributed by atoms with van der Waals surface area (Å²) in [4.78, 5) is 12.1. The van der Waals surface area contributed by atoms with Gasteiger partial charge in [0.05, 0.1) is 16.7 Å². The van der Waals surface area contributed by atoms with Crippen LogP contribution in [-0.4, -0.2) is 29.7 Å². The predicted molar refractivity (Wildman–Crippen MR) is 70.4 cm³/mol. The van der Waals surface area contributed by atoms with E-state index >= 15 is 0 Å². The van der Waals surface area contributed by atoms with Gasteiger partial charge in [-0.15, -0.1) is 0 Å². The van der Waals surface area contributed by atoms with Crippen LogP contribution in [-0.2, 0) is 0 Å². The van der Waals surface area contributed by atoms with Crippen molar-refractivity contribution in [3.8, 4) is 0 Å². The van der Waals surface area contributed by atoms with Gasteiger partial charge < -0.3 is 10.0 Å². The summed E-state index contributed by atoms with van der Waals surface area (Å²) < 4.78 is 0.680. The molecule has 1 rings (SSSR count). The molecule has 6 heteroatoms. The Bertz CT molecular complexity index is 410. The van der Waals surface area contributed by atoms with Gasteiger partial charge in [0, 0.05) is 30.2 Å². The fourth-order valence-corrected chi connectivity index (χ4v) is 2.09. The molecule has 0 aliphatic heterocycles. The molecule has 0 saturated carbocycles. The molecule has 1 N–H and O–H groups in total. The Balaban J connectivity index is 2.81. The number of benzene rings is 1. The molecule has 1 atom stereocenters. The highest BCUT2D eigenvalue weighted by Crippen LogP contribution is 2.29. The van der Waals surface area contributed by atoms with Crippen LogP contribution >= 0.6 is 15.9 Å². The van der Waals surface area contributed by atoms with E-state index in [0.717, 1.165) is 5.69 Å². The number of non-ortho nitro benzene ring substituents is 1. The highest BCUT2D eigenvalue weighted by Gasteiger charge is 2.12. The fourth-order valence-electron chi connectivity index (χ4n) is 1.42. The molecule has 0 spiro atoms. The number of rotatable bonds is 5. The molecule has 0 amide bonds. The van der Waals surface area contributed by atoms with E-state index < -0.39 is 4.92 Å². The van der Waals surface area contributed by atoms with E-state index in [9.17, 15) is 15.2 Å². The third-order valence-corrected chi connectivity index (χ3v) is 3.07. The number of aliphatic hydroxyl groups excluding tert-OH is 1. The van der Waals surface area contributed by atoms with Gasteiger partial charge in [-0.2, -0.15) is 0 Å². The number of halogens is 1. The monoisotopic (exact) mass is 302 g/mol. The average molecular weight is 303 g/mol. The first kappa shape index (κ1) is 13.9. The maximum absolute atomic E-state index is 10.6. The topological polar surface area (TPSA) is 66.6 Å². The van der Waals surface area contributed by atoms with Crippen LogP contribution in [0.4, 0.5) is 11.4 Å². The van der Waals surface area contributed by atoms with Crippen LogP contribution < -0.4 is 4.90 Å². The van der Waals surface area contributed by atoms with Gasteiger partial charge in [-0.3, -0.25) is 10.1 Å². The van der Waals surface area contributed by atoms with E-state index in [0.29, 0.717) is 17.4 Å². The molecule has 0 fully saturated rings. The van der Waals surface area contributed by atoms with E-state index in [1.807, 2.05) is 11.9 Å². The average Bonchev–Trinajstić information content (AvgIpc) is 2.25. The minimum atomic E-state index is -0.426. The second kappa shape index (κ2) is 5.97. The first-order valence-corrected chi connectivity index (χ1v) is 6.04. The molecular formula is C11H15BrN2O3. The van der Waals surface area contributed by atoms with Crippen LogP contribution in [0.5, 0.6) is 0 Å². The minimum absolute atomic E-state index is 0.0598. The lowest BCUT2D eigenvalue weighted by Gasteiger charge is -2.21. The quantitative estimate of drug-likeness (QED) is 0.670. The van der Waals surface area contributed by atoms with Crippen molar-refractivity contribution in [1.82, 2.24) is 0 Å². The molecule has 1 aromatic rings. The number of aliphatic hydroxyl groups is 1.